The Kier molecular flexibility index (Phi) is 5.80. The number of alkyl carbamates (subject to hydrolysis) is 1. The van der Waals surface area contributed by atoms with Gasteiger partial charge in [-0.1, -0.05) is 0 Å². The molecule has 0 unspecified atom stereocenters. The molecule has 1 aliphatic rings. The van der Waals surface area contributed by atoms with Crippen LogP contribution in [0.1, 0.15) is 56.8 Å². The van der Waals surface area contributed by atoms with E-state index in [4.69, 9.17) is 4.74 Å². The average molecular weight is 336 g/mol. The molecule has 0 bridgehead atoms. The molecular formula is C18H25FN2O3. The van der Waals surface area contributed by atoms with Gasteiger partial charge in [0.2, 0.25) is 0 Å². The van der Waals surface area contributed by atoms with E-state index in [1.165, 1.54) is 24.3 Å². The summed E-state index contributed by atoms with van der Waals surface area (Å²) in [5, 5.41) is 5.82. The zero-order valence-electron chi connectivity index (χ0n) is 14.4. The topological polar surface area (TPSA) is 67.4 Å². The molecule has 0 aromatic heterocycles. The Hall–Kier alpha value is -2.11. The van der Waals surface area contributed by atoms with Crippen LogP contribution in [0.2, 0.25) is 0 Å². The van der Waals surface area contributed by atoms with Crippen molar-refractivity contribution in [2.45, 2.75) is 64.1 Å². The van der Waals surface area contributed by atoms with Gasteiger partial charge >= 0.3 is 6.09 Å². The van der Waals surface area contributed by atoms with Crippen LogP contribution in [0.5, 0.6) is 0 Å². The van der Waals surface area contributed by atoms with Gasteiger partial charge in [0.15, 0.2) is 0 Å². The van der Waals surface area contributed by atoms with Crippen molar-refractivity contribution in [3.63, 3.8) is 0 Å². The first-order valence-electron chi connectivity index (χ1n) is 8.29. The maximum absolute atomic E-state index is 12.9. The molecule has 24 heavy (non-hydrogen) atoms. The standard InChI is InChI=1S/C18H25FN2O3/c1-18(2,3)24-17(23)21-15-6-4-5-14(11-15)20-16(22)12-7-9-13(19)10-8-12/h7-10,14-15H,4-6,11H2,1-3H3,(H,20,22)(H,21,23)/t14-,15+/m1/s1. The van der Waals surface area contributed by atoms with Crippen LogP contribution in [0.3, 0.4) is 0 Å². The summed E-state index contributed by atoms with van der Waals surface area (Å²) in [7, 11) is 0. The minimum absolute atomic E-state index is 0.0174. The number of ether oxygens (including phenoxy) is 1. The largest absolute Gasteiger partial charge is 0.444 e. The lowest BCUT2D eigenvalue weighted by Crippen LogP contribution is -2.46. The molecule has 1 aromatic carbocycles. The highest BCUT2D eigenvalue weighted by Gasteiger charge is 2.26. The van der Waals surface area contributed by atoms with Gasteiger partial charge in [-0.2, -0.15) is 0 Å². The van der Waals surface area contributed by atoms with Gasteiger partial charge in [-0.05, 0) is 70.7 Å². The number of benzene rings is 1. The predicted molar refractivity (Wildman–Crippen MR) is 89.3 cm³/mol. The van der Waals surface area contributed by atoms with Crippen LogP contribution in [-0.4, -0.2) is 29.7 Å². The molecule has 0 radical (unpaired) electrons. The number of halogens is 1. The first-order valence-corrected chi connectivity index (χ1v) is 8.29. The van der Waals surface area contributed by atoms with Gasteiger partial charge in [0.05, 0.1) is 0 Å². The summed E-state index contributed by atoms with van der Waals surface area (Å²) in [6, 6.07) is 5.42. The van der Waals surface area contributed by atoms with E-state index in [1.54, 1.807) is 0 Å². The van der Waals surface area contributed by atoms with Gasteiger partial charge in [-0.15, -0.1) is 0 Å². The minimum Gasteiger partial charge on any atom is -0.444 e. The fourth-order valence-electron chi connectivity index (χ4n) is 2.80. The molecule has 0 saturated heterocycles. The summed E-state index contributed by atoms with van der Waals surface area (Å²) >= 11 is 0. The van der Waals surface area contributed by atoms with Crippen molar-refractivity contribution >= 4 is 12.0 Å². The van der Waals surface area contributed by atoms with Crippen molar-refractivity contribution in [3.05, 3.63) is 35.6 Å². The lowest BCUT2D eigenvalue weighted by Gasteiger charge is -2.31. The third-order valence-corrected chi connectivity index (χ3v) is 3.84. The molecule has 132 valence electrons. The molecule has 0 aliphatic heterocycles. The summed E-state index contributed by atoms with van der Waals surface area (Å²) < 4.78 is 18.2. The first kappa shape index (κ1) is 18.2. The Morgan fingerprint density at radius 3 is 2.25 bits per heavy atom. The highest BCUT2D eigenvalue weighted by atomic mass is 19.1. The molecule has 6 heteroatoms. The summed E-state index contributed by atoms with van der Waals surface area (Å²) in [4.78, 5) is 24.0. The van der Waals surface area contributed by atoms with Crippen LogP contribution < -0.4 is 10.6 Å². The van der Waals surface area contributed by atoms with Crippen molar-refractivity contribution in [1.29, 1.82) is 0 Å². The maximum atomic E-state index is 12.9. The highest BCUT2D eigenvalue weighted by molar-refractivity contribution is 5.94. The third-order valence-electron chi connectivity index (χ3n) is 3.84. The number of carbonyl (C=O) groups is 2. The van der Waals surface area contributed by atoms with Gasteiger partial charge in [0.1, 0.15) is 11.4 Å². The fraction of sp³-hybridized carbons (Fsp3) is 0.556. The summed E-state index contributed by atoms with van der Waals surface area (Å²) in [6.45, 7) is 5.46. The van der Waals surface area contributed by atoms with Gasteiger partial charge in [0.25, 0.3) is 5.91 Å². The van der Waals surface area contributed by atoms with E-state index in [0.29, 0.717) is 12.0 Å². The van der Waals surface area contributed by atoms with E-state index in [2.05, 4.69) is 10.6 Å². The van der Waals surface area contributed by atoms with E-state index in [1.807, 2.05) is 20.8 Å². The first-order chi connectivity index (χ1) is 11.2. The smallest absolute Gasteiger partial charge is 0.407 e. The summed E-state index contributed by atoms with van der Waals surface area (Å²) in [5.41, 5.74) is -0.104. The van der Waals surface area contributed by atoms with Gasteiger partial charge < -0.3 is 15.4 Å². The zero-order chi connectivity index (χ0) is 17.7. The van der Waals surface area contributed by atoms with E-state index in [-0.39, 0.29) is 23.8 Å². The number of rotatable bonds is 3. The molecule has 1 saturated carbocycles. The Balaban J connectivity index is 1.85. The van der Waals surface area contributed by atoms with Gasteiger partial charge in [-0.25, -0.2) is 9.18 Å². The number of hydrogen-bond donors (Lipinski definition) is 2. The van der Waals surface area contributed by atoms with Crippen LogP contribution in [0, 0.1) is 5.82 Å². The molecule has 0 spiro atoms. The number of carbonyl (C=O) groups excluding carboxylic acids is 2. The number of hydrogen-bond acceptors (Lipinski definition) is 3. The third kappa shape index (κ3) is 5.83. The van der Waals surface area contributed by atoms with Crippen LogP contribution in [0.15, 0.2) is 24.3 Å². The molecule has 0 heterocycles. The maximum Gasteiger partial charge on any atom is 0.407 e. The molecule has 5 nitrogen and oxygen atoms in total. The molecule has 1 aliphatic carbocycles. The Morgan fingerprint density at radius 1 is 1.08 bits per heavy atom. The van der Waals surface area contributed by atoms with Crippen LogP contribution in [0.25, 0.3) is 0 Å². The van der Waals surface area contributed by atoms with Crippen molar-refractivity contribution < 1.29 is 18.7 Å². The summed E-state index contributed by atoms with van der Waals surface area (Å²) in [5.74, 6) is -0.594. The van der Waals surface area contributed by atoms with E-state index >= 15 is 0 Å². The lowest BCUT2D eigenvalue weighted by atomic mass is 9.91. The Labute approximate surface area is 142 Å². The fourth-order valence-corrected chi connectivity index (χ4v) is 2.80. The quantitative estimate of drug-likeness (QED) is 0.889. The van der Waals surface area contributed by atoms with Gasteiger partial charge in [0, 0.05) is 17.6 Å². The second-order valence-electron chi connectivity index (χ2n) is 7.19. The molecule has 1 aromatic rings. The van der Waals surface area contributed by atoms with Crippen LogP contribution in [0.4, 0.5) is 9.18 Å². The minimum atomic E-state index is -0.533. The van der Waals surface area contributed by atoms with Crippen molar-refractivity contribution in [3.8, 4) is 0 Å². The lowest BCUT2D eigenvalue weighted by molar-refractivity contribution is 0.0489. The molecule has 2 amide bonds. The second-order valence-corrected chi connectivity index (χ2v) is 7.19. The van der Waals surface area contributed by atoms with Crippen LogP contribution >= 0.6 is 0 Å². The zero-order valence-corrected chi connectivity index (χ0v) is 14.4. The average Bonchev–Trinajstić information content (AvgIpc) is 2.46. The predicted octanol–water partition coefficient (Wildman–Crippen LogP) is 3.39. The molecule has 2 rings (SSSR count). The Bertz CT molecular complexity index is 581. The van der Waals surface area contributed by atoms with Crippen molar-refractivity contribution in [1.82, 2.24) is 10.6 Å². The molecule has 2 N–H and O–H groups in total. The van der Waals surface area contributed by atoms with E-state index < -0.39 is 11.7 Å². The normalized spacial score (nSPS) is 21.0. The molecule has 1 fully saturated rings. The Morgan fingerprint density at radius 2 is 1.67 bits per heavy atom. The SMILES string of the molecule is CC(C)(C)OC(=O)N[C@H]1CCC[C@@H](NC(=O)c2ccc(F)cc2)C1. The monoisotopic (exact) mass is 336 g/mol. The molecular weight excluding hydrogens is 311 g/mol. The van der Waals surface area contributed by atoms with Crippen molar-refractivity contribution in [2.75, 3.05) is 0 Å². The highest BCUT2D eigenvalue weighted by Crippen LogP contribution is 2.20. The second kappa shape index (κ2) is 7.64. The summed E-state index contributed by atoms with van der Waals surface area (Å²) in [6.07, 6.45) is 2.86. The number of amides is 2. The van der Waals surface area contributed by atoms with E-state index in [9.17, 15) is 14.0 Å². The van der Waals surface area contributed by atoms with Crippen molar-refractivity contribution in [2.24, 2.45) is 0 Å². The van der Waals surface area contributed by atoms with E-state index in [0.717, 1.165) is 19.3 Å². The van der Waals surface area contributed by atoms with Crippen LogP contribution in [-0.2, 0) is 4.74 Å². The molecule has 2 atom stereocenters. The number of nitrogens with one attached hydrogen (secondary N) is 2. The van der Waals surface area contributed by atoms with Gasteiger partial charge in [-0.3, -0.25) is 4.79 Å².